The summed E-state index contributed by atoms with van der Waals surface area (Å²) < 4.78 is 6.22. The van der Waals surface area contributed by atoms with Gasteiger partial charge in [-0.3, -0.25) is 0 Å². The highest BCUT2D eigenvalue weighted by atomic mass is 32.1. The average Bonchev–Trinajstić information content (AvgIpc) is 3.07. The van der Waals surface area contributed by atoms with Crippen LogP contribution in [0.5, 0.6) is 5.75 Å². The smallest absolute Gasteiger partial charge is 0.134 e. The first-order chi connectivity index (χ1) is 10.7. The van der Waals surface area contributed by atoms with E-state index in [1.807, 2.05) is 7.05 Å². The maximum Gasteiger partial charge on any atom is 0.134 e. The SMILES string of the molecule is CCC(C)Cc1ccc(OC(CCNC)c2cccs2)cc1. The van der Waals surface area contributed by atoms with Gasteiger partial charge in [-0.2, -0.15) is 0 Å². The zero-order valence-corrected chi connectivity index (χ0v) is 14.7. The number of hydrogen-bond acceptors (Lipinski definition) is 3. The summed E-state index contributed by atoms with van der Waals surface area (Å²) in [6.07, 6.45) is 3.48. The van der Waals surface area contributed by atoms with Crippen LogP contribution in [0.2, 0.25) is 0 Å². The molecule has 2 atom stereocenters. The number of hydrogen-bond donors (Lipinski definition) is 1. The summed E-state index contributed by atoms with van der Waals surface area (Å²) in [5, 5.41) is 5.32. The molecule has 1 heterocycles. The third kappa shape index (κ3) is 5.15. The first-order valence-corrected chi connectivity index (χ1v) is 9.04. The quantitative estimate of drug-likeness (QED) is 0.697. The molecule has 0 amide bonds. The van der Waals surface area contributed by atoms with Crippen molar-refractivity contribution in [1.82, 2.24) is 5.32 Å². The second-order valence-corrected chi connectivity index (χ2v) is 6.85. The van der Waals surface area contributed by atoms with E-state index in [-0.39, 0.29) is 6.10 Å². The minimum atomic E-state index is 0.132. The van der Waals surface area contributed by atoms with Crippen LogP contribution in [0.1, 0.15) is 43.2 Å². The highest BCUT2D eigenvalue weighted by Crippen LogP contribution is 2.28. The van der Waals surface area contributed by atoms with E-state index in [0.717, 1.165) is 31.1 Å². The minimum absolute atomic E-state index is 0.132. The van der Waals surface area contributed by atoms with Crippen molar-refractivity contribution in [2.45, 2.75) is 39.2 Å². The molecule has 0 aliphatic rings. The first kappa shape index (κ1) is 17.0. The second-order valence-electron chi connectivity index (χ2n) is 5.88. The third-order valence-electron chi connectivity index (χ3n) is 4.00. The van der Waals surface area contributed by atoms with Crippen molar-refractivity contribution in [1.29, 1.82) is 0 Å². The predicted octanol–water partition coefficient (Wildman–Crippen LogP) is 5.07. The lowest BCUT2D eigenvalue weighted by molar-refractivity contribution is 0.198. The normalized spacial score (nSPS) is 13.8. The van der Waals surface area contributed by atoms with Gasteiger partial charge < -0.3 is 10.1 Å². The molecule has 22 heavy (non-hydrogen) atoms. The van der Waals surface area contributed by atoms with E-state index in [0.29, 0.717) is 0 Å². The fourth-order valence-electron chi connectivity index (χ4n) is 2.42. The van der Waals surface area contributed by atoms with E-state index in [2.05, 4.69) is 60.9 Å². The van der Waals surface area contributed by atoms with Crippen molar-refractivity contribution in [2.24, 2.45) is 5.92 Å². The third-order valence-corrected chi connectivity index (χ3v) is 4.96. The van der Waals surface area contributed by atoms with Crippen molar-refractivity contribution in [3.8, 4) is 5.75 Å². The van der Waals surface area contributed by atoms with Gasteiger partial charge in [-0.25, -0.2) is 0 Å². The molecule has 0 bridgehead atoms. The molecule has 2 nitrogen and oxygen atoms in total. The van der Waals surface area contributed by atoms with Crippen molar-refractivity contribution in [3.63, 3.8) is 0 Å². The zero-order chi connectivity index (χ0) is 15.8. The summed E-state index contributed by atoms with van der Waals surface area (Å²) >= 11 is 1.76. The molecule has 120 valence electrons. The van der Waals surface area contributed by atoms with Gasteiger partial charge in [-0.15, -0.1) is 11.3 Å². The average molecular weight is 317 g/mol. The van der Waals surface area contributed by atoms with Crippen LogP contribution in [0.3, 0.4) is 0 Å². The van der Waals surface area contributed by atoms with Gasteiger partial charge in [-0.05, 0) is 55.1 Å². The van der Waals surface area contributed by atoms with Gasteiger partial charge in [0.1, 0.15) is 11.9 Å². The molecular formula is C19H27NOS. The lowest BCUT2D eigenvalue weighted by Gasteiger charge is -2.18. The molecule has 0 saturated carbocycles. The molecular weight excluding hydrogens is 290 g/mol. The van der Waals surface area contributed by atoms with E-state index in [9.17, 15) is 0 Å². The first-order valence-electron chi connectivity index (χ1n) is 8.16. The largest absolute Gasteiger partial charge is 0.485 e. The fourth-order valence-corrected chi connectivity index (χ4v) is 3.21. The summed E-state index contributed by atoms with van der Waals surface area (Å²) in [4.78, 5) is 1.29. The van der Waals surface area contributed by atoms with Gasteiger partial charge in [0, 0.05) is 11.3 Å². The molecule has 1 aromatic heterocycles. The van der Waals surface area contributed by atoms with Crippen molar-refractivity contribution >= 4 is 11.3 Å². The highest BCUT2D eigenvalue weighted by molar-refractivity contribution is 7.10. The van der Waals surface area contributed by atoms with Crippen LogP contribution in [-0.2, 0) is 6.42 Å². The molecule has 0 saturated heterocycles. The van der Waals surface area contributed by atoms with Gasteiger partial charge in [0.05, 0.1) is 0 Å². The van der Waals surface area contributed by atoms with Crippen molar-refractivity contribution in [2.75, 3.05) is 13.6 Å². The van der Waals surface area contributed by atoms with E-state index < -0.39 is 0 Å². The topological polar surface area (TPSA) is 21.3 Å². The highest BCUT2D eigenvalue weighted by Gasteiger charge is 2.14. The molecule has 0 spiro atoms. The monoisotopic (exact) mass is 317 g/mol. The molecule has 2 rings (SSSR count). The molecule has 2 unspecified atom stereocenters. The number of nitrogens with one attached hydrogen (secondary N) is 1. The molecule has 3 heteroatoms. The number of rotatable bonds is 9. The van der Waals surface area contributed by atoms with Gasteiger partial charge in [-0.1, -0.05) is 38.5 Å². The Morgan fingerprint density at radius 1 is 1.18 bits per heavy atom. The van der Waals surface area contributed by atoms with Crippen LogP contribution >= 0.6 is 11.3 Å². The zero-order valence-electron chi connectivity index (χ0n) is 13.8. The molecule has 0 radical (unpaired) electrons. The maximum atomic E-state index is 6.22. The molecule has 0 aliphatic carbocycles. The Kier molecular flexibility index (Phi) is 6.94. The fraction of sp³-hybridized carbons (Fsp3) is 0.474. The number of thiophene rings is 1. The summed E-state index contributed by atoms with van der Waals surface area (Å²) in [5.74, 6) is 1.70. The maximum absolute atomic E-state index is 6.22. The number of ether oxygens (including phenoxy) is 1. The summed E-state index contributed by atoms with van der Waals surface area (Å²) in [7, 11) is 1.98. The Morgan fingerprint density at radius 2 is 1.95 bits per heavy atom. The van der Waals surface area contributed by atoms with E-state index in [4.69, 9.17) is 4.74 Å². The predicted molar refractivity (Wildman–Crippen MR) is 95.8 cm³/mol. The van der Waals surface area contributed by atoms with Crippen LogP contribution in [0.4, 0.5) is 0 Å². The minimum Gasteiger partial charge on any atom is -0.485 e. The standard InChI is InChI=1S/C19H27NOS/c1-4-15(2)14-16-7-9-17(10-8-16)21-18(11-12-20-3)19-6-5-13-22-19/h5-10,13,15,18,20H,4,11-12,14H2,1-3H3. The molecule has 0 fully saturated rings. The Labute approximate surface area is 138 Å². The van der Waals surface area contributed by atoms with Gasteiger partial charge in [0.2, 0.25) is 0 Å². The lowest BCUT2D eigenvalue weighted by Crippen LogP contribution is -2.15. The molecule has 1 aromatic carbocycles. The van der Waals surface area contributed by atoms with E-state index in [1.54, 1.807) is 11.3 Å². The van der Waals surface area contributed by atoms with Gasteiger partial charge in [0.25, 0.3) is 0 Å². The lowest BCUT2D eigenvalue weighted by atomic mass is 9.99. The summed E-state index contributed by atoms with van der Waals surface area (Å²) in [5.41, 5.74) is 1.39. The summed E-state index contributed by atoms with van der Waals surface area (Å²) in [6, 6.07) is 12.9. The Bertz CT molecular complexity index is 521. The Hall–Kier alpha value is -1.32. The van der Waals surface area contributed by atoms with Gasteiger partial charge >= 0.3 is 0 Å². The van der Waals surface area contributed by atoms with E-state index >= 15 is 0 Å². The number of benzene rings is 1. The summed E-state index contributed by atoms with van der Waals surface area (Å²) in [6.45, 7) is 5.50. The second kappa shape index (κ2) is 8.96. The Morgan fingerprint density at radius 3 is 2.55 bits per heavy atom. The van der Waals surface area contributed by atoms with Crippen LogP contribution in [0.15, 0.2) is 41.8 Å². The van der Waals surface area contributed by atoms with Crippen LogP contribution in [-0.4, -0.2) is 13.6 Å². The van der Waals surface area contributed by atoms with Crippen LogP contribution in [0, 0.1) is 5.92 Å². The van der Waals surface area contributed by atoms with Crippen molar-refractivity contribution < 1.29 is 4.74 Å². The molecule has 0 aliphatic heterocycles. The van der Waals surface area contributed by atoms with Crippen LogP contribution in [0.25, 0.3) is 0 Å². The molecule has 2 aromatic rings. The van der Waals surface area contributed by atoms with Crippen molar-refractivity contribution in [3.05, 3.63) is 52.2 Å². The molecule has 1 N–H and O–H groups in total. The van der Waals surface area contributed by atoms with E-state index in [1.165, 1.54) is 16.9 Å². The van der Waals surface area contributed by atoms with Crippen LogP contribution < -0.4 is 10.1 Å². The Balaban J connectivity index is 2.00. The van der Waals surface area contributed by atoms with Gasteiger partial charge in [0.15, 0.2) is 0 Å².